The van der Waals surface area contributed by atoms with Crippen LogP contribution < -0.4 is 15.4 Å². The number of carbonyl (C=O) groups is 1. The van der Waals surface area contributed by atoms with Crippen LogP contribution in [0.3, 0.4) is 0 Å². The lowest BCUT2D eigenvalue weighted by Crippen LogP contribution is -2.29. The molecule has 6 heteroatoms. The predicted molar refractivity (Wildman–Crippen MR) is 128 cm³/mol. The van der Waals surface area contributed by atoms with Crippen LogP contribution in [0.5, 0.6) is 5.75 Å². The molecule has 166 valence electrons. The van der Waals surface area contributed by atoms with E-state index in [4.69, 9.17) is 14.7 Å². The monoisotopic (exact) mass is 430 g/mol. The minimum absolute atomic E-state index is 0.0727. The summed E-state index contributed by atoms with van der Waals surface area (Å²) in [5, 5.41) is 6.64. The second-order valence-electron chi connectivity index (χ2n) is 8.92. The van der Waals surface area contributed by atoms with Crippen molar-refractivity contribution >= 4 is 28.9 Å². The molecule has 1 aliphatic carbocycles. The number of benzene rings is 2. The van der Waals surface area contributed by atoms with Gasteiger partial charge in [-0.25, -0.2) is 4.98 Å². The average molecular weight is 431 g/mol. The average Bonchev–Trinajstić information content (AvgIpc) is 2.74. The molecule has 2 aromatic carbocycles. The van der Waals surface area contributed by atoms with E-state index in [2.05, 4.69) is 43.5 Å². The van der Waals surface area contributed by atoms with Gasteiger partial charge in [0.1, 0.15) is 11.6 Å². The van der Waals surface area contributed by atoms with Gasteiger partial charge in [-0.1, -0.05) is 32.9 Å². The Morgan fingerprint density at radius 2 is 1.56 bits per heavy atom. The topological polar surface area (TPSA) is 76.1 Å². The Bertz CT molecular complexity index is 1110. The van der Waals surface area contributed by atoms with E-state index >= 15 is 0 Å². The first-order chi connectivity index (χ1) is 15.4. The number of Topliss-reactive ketones (excluding diaryl/α,β-unsaturated/α-hetero) is 1. The van der Waals surface area contributed by atoms with Gasteiger partial charge in [-0.15, -0.1) is 0 Å². The molecule has 4 rings (SSSR count). The zero-order valence-corrected chi connectivity index (χ0v) is 19.2. The molecular formula is C26H30N4O2. The number of carbonyl (C=O) groups excluding carboxylic acids is 1. The third kappa shape index (κ3) is 4.90. The summed E-state index contributed by atoms with van der Waals surface area (Å²) in [5.41, 5.74) is 4.26. The highest BCUT2D eigenvalue weighted by Gasteiger charge is 2.35. The maximum absolute atomic E-state index is 13.0. The number of nitrogens with one attached hydrogen (secondary N) is 2. The second kappa shape index (κ2) is 8.99. The molecule has 0 saturated heterocycles. The minimum atomic E-state index is -0.130. The van der Waals surface area contributed by atoms with Crippen molar-refractivity contribution in [3.05, 3.63) is 65.4 Å². The maximum atomic E-state index is 13.0. The summed E-state index contributed by atoms with van der Waals surface area (Å²) in [4.78, 5) is 22.5. The molecule has 0 aliphatic heterocycles. The van der Waals surface area contributed by atoms with Crippen LogP contribution in [0, 0.1) is 5.41 Å². The van der Waals surface area contributed by atoms with Crippen LogP contribution in [0.25, 0.3) is 0 Å². The van der Waals surface area contributed by atoms with E-state index in [0.29, 0.717) is 30.4 Å². The molecule has 0 saturated carbocycles. The lowest BCUT2D eigenvalue weighted by atomic mass is 9.75. The van der Waals surface area contributed by atoms with Crippen molar-refractivity contribution in [1.82, 2.24) is 9.97 Å². The Morgan fingerprint density at radius 3 is 2.22 bits per heavy atom. The number of hydrogen-bond acceptors (Lipinski definition) is 6. The van der Waals surface area contributed by atoms with Crippen LogP contribution >= 0.6 is 0 Å². The largest absolute Gasteiger partial charge is 0.494 e. The molecule has 0 bridgehead atoms. The van der Waals surface area contributed by atoms with Gasteiger partial charge in [-0.2, -0.15) is 4.98 Å². The fourth-order valence-electron chi connectivity index (χ4n) is 4.00. The lowest BCUT2D eigenvalue weighted by molar-refractivity contribution is 0.0911. The third-order valence-corrected chi connectivity index (χ3v) is 5.59. The zero-order valence-electron chi connectivity index (χ0n) is 19.2. The van der Waals surface area contributed by atoms with Gasteiger partial charge >= 0.3 is 0 Å². The van der Waals surface area contributed by atoms with Crippen LogP contribution in [0.2, 0.25) is 0 Å². The Morgan fingerprint density at radius 1 is 0.906 bits per heavy atom. The number of aryl methyl sites for hydroxylation is 1. The van der Waals surface area contributed by atoms with Gasteiger partial charge in [0.15, 0.2) is 5.78 Å². The number of fused-ring (bicyclic) bond motifs is 1. The van der Waals surface area contributed by atoms with Crippen LogP contribution in [-0.4, -0.2) is 22.4 Å². The predicted octanol–water partition coefficient (Wildman–Crippen LogP) is 6.08. The normalized spacial score (nSPS) is 14.6. The number of ether oxygens (including phenoxy) is 1. The number of anilines is 4. The highest BCUT2D eigenvalue weighted by molar-refractivity contribution is 6.03. The summed E-state index contributed by atoms with van der Waals surface area (Å²) in [6, 6.07) is 15.9. The van der Waals surface area contributed by atoms with Gasteiger partial charge in [0.2, 0.25) is 5.95 Å². The van der Waals surface area contributed by atoms with Crippen LogP contribution in [0.1, 0.15) is 55.7 Å². The van der Waals surface area contributed by atoms with E-state index in [1.54, 1.807) is 0 Å². The summed E-state index contributed by atoms with van der Waals surface area (Å²) in [6.07, 6.45) is 2.19. The molecule has 0 radical (unpaired) electrons. The number of rotatable bonds is 7. The first-order valence-corrected chi connectivity index (χ1v) is 11.2. The number of ketones is 1. The Kier molecular flexibility index (Phi) is 6.12. The lowest BCUT2D eigenvalue weighted by Gasteiger charge is -2.30. The zero-order chi connectivity index (χ0) is 22.7. The molecule has 1 aliphatic rings. The van der Waals surface area contributed by atoms with Crippen LogP contribution in [0.4, 0.5) is 23.1 Å². The Labute approximate surface area is 189 Å². The van der Waals surface area contributed by atoms with Gasteiger partial charge in [0, 0.05) is 17.8 Å². The molecule has 3 aromatic rings. The van der Waals surface area contributed by atoms with Gasteiger partial charge in [0.25, 0.3) is 0 Å². The van der Waals surface area contributed by atoms with E-state index in [1.165, 1.54) is 5.56 Å². The van der Waals surface area contributed by atoms with Gasteiger partial charge in [-0.05, 0) is 67.1 Å². The smallest absolute Gasteiger partial charge is 0.229 e. The van der Waals surface area contributed by atoms with E-state index in [1.807, 2.05) is 43.3 Å². The quantitative estimate of drug-likeness (QED) is 0.473. The van der Waals surface area contributed by atoms with Crippen molar-refractivity contribution in [3.63, 3.8) is 0 Å². The minimum Gasteiger partial charge on any atom is -0.494 e. The molecule has 32 heavy (non-hydrogen) atoms. The SMILES string of the molecule is CCOc1ccc(Nc2nc(Nc3ccc(CC)cc3)nc3c2C(=O)CC(C)(C)C3)cc1. The van der Waals surface area contributed by atoms with E-state index in [0.717, 1.165) is 35.7 Å². The van der Waals surface area contributed by atoms with Crippen molar-refractivity contribution in [2.75, 3.05) is 17.2 Å². The summed E-state index contributed by atoms with van der Waals surface area (Å²) in [5.74, 6) is 1.89. The fourth-order valence-corrected chi connectivity index (χ4v) is 4.00. The third-order valence-electron chi connectivity index (χ3n) is 5.59. The van der Waals surface area contributed by atoms with E-state index < -0.39 is 0 Å². The summed E-state index contributed by atoms with van der Waals surface area (Å²) in [7, 11) is 0. The molecule has 0 fully saturated rings. The Hall–Kier alpha value is -3.41. The molecule has 0 amide bonds. The molecule has 0 unspecified atom stereocenters. The molecular weight excluding hydrogens is 400 g/mol. The first-order valence-electron chi connectivity index (χ1n) is 11.2. The van der Waals surface area contributed by atoms with E-state index in [-0.39, 0.29) is 11.2 Å². The van der Waals surface area contributed by atoms with Gasteiger partial charge in [-0.3, -0.25) is 4.79 Å². The number of hydrogen-bond donors (Lipinski definition) is 2. The highest BCUT2D eigenvalue weighted by atomic mass is 16.5. The van der Waals surface area contributed by atoms with Crippen LogP contribution in [-0.2, 0) is 12.8 Å². The van der Waals surface area contributed by atoms with E-state index in [9.17, 15) is 4.79 Å². The van der Waals surface area contributed by atoms with Crippen molar-refractivity contribution in [3.8, 4) is 5.75 Å². The molecule has 0 spiro atoms. The van der Waals surface area contributed by atoms with Gasteiger partial charge in [0.05, 0.1) is 17.9 Å². The summed E-state index contributed by atoms with van der Waals surface area (Å²) >= 11 is 0. The fraction of sp³-hybridized carbons (Fsp3) is 0.346. The highest BCUT2D eigenvalue weighted by Crippen LogP contribution is 2.38. The van der Waals surface area contributed by atoms with Crippen molar-refractivity contribution in [2.24, 2.45) is 5.41 Å². The maximum Gasteiger partial charge on any atom is 0.229 e. The van der Waals surface area contributed by atoms with Gasteiger partial charge < -0.3 is 15.4 Å². The molecule has 0 atom stereocenters. The molecule has 1 heterocycles. The van der Waals surface area contributed by atoms with Crippen LogP contribution in [0.15, 0.2) is 48.5 Å². The van der Waals surface area contributed by atoms with Crippen molar-refractivity contribution in [2.45, 2.75) is 47.0 Å². The number of nitrogens with zero attached hydrogens (tertiary/aromatic N) is 2. The summed E-state index contributed by atoms with van der Waals surface area (Å²) in [6.45, 7) is 8.91. The van der Waals surface area contributed by atoms with Crippen molar-refractivity contribution < 1.29 is 9.53 Å². The molecule has 6 nitrogen and oxygen atoms in total. The number of aromatic nitrogens is 2. The standard InChI is InChI=1S/C26H30N4O2/c1-5-17-7-9-19(10-8-17)28-25-29-21-15-26(3,4)16-22(31)23(21)24(30-25)27-18-11-13-20(14-12-18)32-6-2/h7-14H,5-6,15-16H2,1-4H3,(H2,27,28,29,30). The first kappa shape index (κ1) is 21.8. The summed E-state index contributed by atoms with van der Waals surface area (Å²) < 4.78 is 5.53. The Balaban J connectivity index is 1.69. The molecule has 1 aromatic heterocycles. The molecule has 2 N–H and O–H groups in total. The van der Waals surface area contributed by atoms with Crippen molar-refractivity contribution in [1.29, 1.82) is 0 Å². The second-order valence-corrected chi connectivity index (χ2v) is 8.92.